The largest absolute Gasteiger partial charge is 0.495 e. The highest BCUT2D eigenvalue weighted by molar-refractivity contribution is 7.99. The van der Waals surface area contributed by atoms with Gasteiger partial charge in [-0.15, -0.1) is 11.8 Å². The van der Waals surface area contributed by atoms with Crippen molar-refractivity contribution in [1.82, 2.24) is 10.2 Å². The first-order valence-electron chi connectivity index (χ1n) is 10.7. The molecule has 2 aromatic carbocycles. The summed E-state index contributed by atoms with van der Waals surface area (Å²) in [6.07, 6.45) is 1.18. The van der Waals surface area contributed by atoms with E-state index < -0.39 is 0 Å². The minimum atomic E-state index is -0.122. The topological polar surface area (TPSA) is 66.0 Å². The van der Waals surface area contributed by atoms with Crippen LogP contribution in [0.1, 0.15) is 25.8 Å². The van der Waals surface area contributed by atoms with Gasteiger partial charge in [0.05, 0.1) is 19.3 Å². The summed E-state index contributed by atoms with van der Waals surface area (Å²) in [5.74, 6) is 3.25. The van der Waals surface area contributed by atoms with E-state index >= 15 is 0 Å². The molecule has 0 spiro atoms. The van der Waals surface area contributed by atoms with Crippen molar-refractivity contribution >= 4 is 29.3 Å². The number of likely N-dealkylation sites (tertiary alicyclic amines) is 1. The first kappa shape index (κ1) is 23.0. The number of hydrogen-bond acceptors (Lipinski definition) is 4. The fourth-order valence-corrected chi connectivity index (χ4v) is 4.67. The summed E-state index contributed by atoms with van der Waals surface area (Å²) in [6.45, 7) is 7.00. The number of guanidine groups is 1. The zero-order valence-electron chi connectivity index (χ0n) is 18.6. The van der Waals surface area contributed by atoms with Gasteiger partial charge >= 0.3 is 0 Å². The molecule has 1 aliphatic heterocycles. The number of carbonyl (C=O) groups excluding carboxylic acids is 1. The summed E-state index contributed by atoms with van der Waals surface area (Å²) in [4.78, 5) is 20.0. The number of rotatable bonds is 8. The fourth-order valence-electron chi connectivity index (χ4n) is 3.62. The number of nitrogens with zero attached hydrogens (tertiary/aromatic N) is 2. The smallest absolute Gasteiger partial charge is 0.221 e. The van der Waals surface area contributed by atoms with Crippen molar-refractivity contribution in [1.29, 1.82) is 0 Å². The van der Waals surface area contributed by atoms with Gasteiger partial charge in [0.2, 0.25) is 5.91 Å². The number of nitrogens with one attached hydrogen (secondary N) is 2. The molecule has 3 rings (SSSR count). The lowest BCUT2D eigenvalue weighted by Gasteiger charge is -2.22. The molecule has 1 saturated heterocycles. The maximum atomic E-state index is 11.5. The predicted octanol–water partition coefficient (Wildman–Crippen LogP) is 4.23. The molecule has 0 radical (unpaired) electrons. The molecule has 2 N–H and O–H groups in total. The lowest BCUT2D eigenvalue weighted by Crippen LogP contribution is -2.40. The Bertz CT molecular complexity index is 888. The fraction of sp³-hybridized carbons (Fsp3) is 0.417. The number of carbonyl (C=O) groups is 1. The molecule has 0 saturated carbocycles. The zero-order chi connectivity index (χ0) is 22.1. The molecule has 1 unspecified atom stereocenters. The van der Waals surface area contributed by atoms with E-state index in [-0.39, 0.29) is 5.91 Å². The van der Waals surface area contributed by atoms with Crippen molar-refractivity contribution in [3.8, 4) is 5.75 Å². The second-order valence-corrected chi connectivity index (χ2v) is 8.70. The lowest BCUT2D eigenvalue weighted by molar-refractivity contribution is -0.114. The number of methoxy groups -OCH3 is 1. The van der Waals surface area contributed by atoms with Gasteiger partial charge in [-0.25, -0.2) is 4.99 Å². The molecule has 1 fully saturated rings. The number of amides is 1. The summed E-state index contributed by atoms with van der Waals surface area (Å²) < 4.78 is 5.34. The minimum Gasteiger partial charge on any atom is -0.495 e. The molecule has 2 aromatic rings. The third-order valence-corrected chi connectivity index (χ3v) is 6.38. The van der Waals surface area contributed by atoms with Crippen LogP contribution in [0.3, 0.4) is 0 Å². The third-order valence-electron chi connectivity index (χ3n) is 5.14. The van der Waals surface area contributed by atoms with Crippen LogP contribution >= 0.6 is 11.8 Å². The molecular weight excluding hydrogens is 408 g/mol. The number of benzene rings is 2. The van der Waals surface area contributed by atoms with E-state index in [4.69, 9.17) is 9.73 Å². The van der Waals surface area contributed by atoms with Gasteiger partial charge in [-0.05, 0) is 49.1 Å². The summed E-state index contributed by atoms with van der Waals surface area (Å²) in [5.41, 5.74) is 1.70. The maximum absolute atomic E-state index is 11.5. The molecule has 166 valence electrons. The highest BCUT2D eigenvalue weighted by atomic mass is 32.2. The standard InChI is InChI=1S/C24H32N4O2S/c1-4-25-24(26-15-19-10-11-23(30-3)22(14-19)27-18(2)29)28-13-12-20(16-28)17-31-21-8-6-5-7-9-21/h5-11,14,20H,4,12-13,15-17H2,1-3H3,(H,25,26)(H,27,29). The maximum Gasteiger partial charge on any atom is 0.221 e. The molecule has 1 atom stereocenters. The molecule has 0 bridgehead atoms. The van der Waals surface area contributed by atoms with Crippen molar-refractivity contribution in [2.24, 2.45) is 10.9 Å². The van der Waals surface area contributed by atoms with Crippen molar-refractivity contribution in [2.45, 2.75) is 31.7 Å². The number of hydrogen-bond donors (Lipinski definition) is 2. The number of anilines is 1. The van der Waals surface area contributed by atoms with Gasteiger partial charge in [0.25, 0.3) is 0 Å². The molecule has 1 amide bonds. The highest BCUT2D eigenvalue weighted by Crippen LogP contribution is 2.27. The Balaban J connectivity index is 1.62. The van der Waals surface area contributed by atoms with Crippen molar-refractivity contribution in [3.63, 3.8) is 0 Å². The Kier molecular flexibility index (Phi) is 8.64. The van der Waals surface area contributed by atoms with Crippen LogP contribution in [0.4, 0.5) is 5.69 Å². The number of aliphatic imine (C=N–C) groups is 1. The molecular formula is C24H32N4O2S. The summed E-state index contributed by atoms with van der Waals surface area (Å²) >= 11 is 1.93. The Morgan fingerprint density at radius 1 is 1.26 bits per heavy atom. The van der Waals surface area contributed by atoms with Crippen LogP contribution in [0.15, 0.2) is 58.4 Å². The van der Waals surface area contributed by atoms with Gasteiger partial charge in [-0.1, -0.05) is 24.3 Å². The van der Waals surface area contributed by atoms with Crippen LogP contribution in [0.5, 0.6) is 5.75 Å². The van der Waals surface area contributed by atoms with Crippen LogP contribution in [0.25, 0.3) is 0 Å². The Morgan fingerprint density at radius 3 is 2.77 bits per heavy atom. The normalized spacial score (nSPS) is 16.3. The lowest BCUT2D eigenvalue weighted by atomic mass is 10.2. The summed E-state index contributed by atoms with van der Waals surface area (Å²) in [6, 6.07) is 16.4. The average molecular weight is 441 g/mol. The van der Waals surface area contributed by atoms with Crippen molar-refractivity contribution in [3.05, 3.63) is 54.1 Å². The van der Waals surface area contributed by atoms with E-state index in [1.54, 1.807) is 7.11 Å². The van der Waals surface area contributed by atoms with E-state index in [1.807, 2.05) is 30.0 Å². The summed E-state index contributed by atoms with van der Waals surface area (Å²) in [5, 5.41) is 6.26. The van der Waals surface area contributed by atoms with E-state index in [0.29, 0.717) is 23.9 Å². The van der Waals surface area contributed by atoms with Crippen LogP contribution in [0.2, 0.25) is 0 Å². The van der Waals surface area contributed by atoms with Gasteiger partial charge in [0, 0.05) is 37.2 Å². The molecule has 1 heterocycles. The first-order chi connectivity index (χ1) is 15.1. The van der Waals surface area contributed by atoms with Gasteiger partial charge in [0.1, 0.15) is 5.75 Å². The second-order valence-electron chi connectivity index (χ2n) is 7.61. The predicted molar refractivity (Wildman–Crippen MR) is 129 cm³/mol. The molecule has 0 aromatic heterocycles. The molecule has 0 aliphatic carbocycles. The number of ether oxygens (including phenoxy) is 1. The van der Waals surface area contributed by atoms with Crippen molar-refractivity contribution < 1.29 is 9.53 Å². The monoisotopic (exact) mass is 440 g/mol. The first-order valence-corrected chi connectivity index (χ1v) is 11.7. The van der Waals surface area contributed by atoms with E-state index in [0.717, 1.165) is 36.9 Å². The van der Waals surface area contributed by atoms with Crippen LogP contribution in [0, 0.1) is 5.92 Å². The molecule has 6 nitrogen and oxygen atoms in total. The van der Waals surface area contributed by atoms with Crippen molar-refractivity contribution in [2.75, 3.05) is 37.8 Å². The van der Waals surface area contributed by atoms with E-state index in [2.05, 4.69) is 52.8 Å². The summed E-state index contributed by atoms with van der Waals surface area (Å²) in [7, 11) is 1.60. The van der Waals surface area contributed by atoms with Gasteiger partial charge in [0.15, 0.2) is 5.96 Å². The Hall–Kier alpha value is -2.67. The zero-order valence-corrected chi connectivity index (χ0v) is 19.4. The molecule has 7 heteroatoms. The second kappa shape index (κ2) is 11.6. The third kappa shape index (κ3) is 6.92. The quantitative estimate of drug-likeness (QED) is 0.365. The highest BCUT2D eigenvalue weighted by Gasteiger charge is 2.25. The minimum absolute atomic E-state index is 0.122. The number of thioether (sulfide) groups is 1. The van der Waals surface area contributed by atoms with Crippen LogP contribution in [-0.4, -0.2) is 49.3 Å². The Labute approximate surface area is 189 Å². The molecule has 1 aliphatic rings. The Morgan fingerprint density at radius 2 is 2.06 bits per heavy atom. The van der Waals surface area contributed by atoms with E-state index in [1.165, 1.54) is 18.2 Å². The SMILES string of the molecule is CCNC(=NCc1ccc(OC)c(NC(C)=O)c1)N1CCC(CSc2ccccc2)C1. The molecule has 31 heavy (non-hydrogen) atoms. The van der Waals surface area contributed by atoms with Crippen LogP contribution < -0.4 is 15.4 Å². The van der Waals surface area contributed by atoms with Gasteiger partial charge < -0.3 is 20.3 Å². The van der Waals surface area contributed by atoms with Gasteiger partial charge in [-0.3, -0.25) is 4.79 Å². The average Bonchev–Trinajstić information content (AvgIpc) is 3.24. The van der Waals surface area contributed by atoms with Gasteiger partial charge in [-0.2, -0.15) is 0 Å². The van der Waals surface area contributed by atoms with E-state index in [9.17, 15) is 4.79 Å². The van der Waals surface area contributed by atoms with Crippen LogP contribution in [-0.2, 0) is 11.3 Å².